The van der Waals surface area contributed by atoms with Crippen molar-refractivity contribution in [2.75, 3.05) is 19.0 Å². The Morgan fingerprint density at radius 1 is 0.852 bits per heavy atom. The number of rotatable bonds is 4. The molecule has 0 unspecified atom stereocenters. The van der Waals surface area contributed by atoms with E-state index < -0.39 is 0 Å². The molecule has 3 heteroatoms. The predicted molar refractivity (Wildman–Crippen MR) is 118 cm³/mol. The summed E-state index contributed by atoms with van der Waals surface area (Å²) in [5.41, 5.74) is 6.19. The van der Waals surface area contributed by atoms with Gasteiger partial charge in [-0.1, -0.05) is 30.3 Å². The van der Waals surface area contributed by atoms with Crippen LogP contribution >= 0.6 is 11.3 Å². The maximum atomic E-state index is 2.25. The molecule has 0 saturated heterocycles. The van der Waals surface area contributed by atoms with Crippen molar-refractivity contribution in [1.82, 2.24) is 0 Å². The lowest BCUT2D eigenvalue weighted by Crippen LogP contribution is -2.32. The summed E-state index contributed by atoms with van der Waals surface area (Å²) in [7, 11) is 6.27. The predicted octanol–water partition coefficient (Wildman–Crippen LogP) is 5.63. The maximum Gasteiger partial charge on any atom is 0.212 e. The molecule has 4 rings (SSSR count). The fourth-order valence-electron chi connectivity index (χ4n) is 3.24. The number of anilines is 1. The van der Waals surface area contributed by atoms with E-state index in [9.17, 15) is 0 Å². The molecule has 0 radical (unpaired) electrons. The number of hydrogen-bond donors (Lipinski definition) is 0. The van der Waals surface area contributed by atoms with Crippen molar-refractivity contribution in [3.05, 3.63) is 82.7 Å². The molecule has 134 valence electrons. The largest absolute Gasteiger partial charge is 0.378 e. The van der Waals surface area contributed by atoms with Crippen LogP contribution in [0.25, 0.3) is 34.2 Å². The quantitative estimate of drug-likeness (QED) is 0.422. The molecule has 0 saturated carbocycles. The number of thiophene rings is 1. The highest BCUT2D eigenvalue weighted by Gasteiger charge is 2.10. The monoisotopic (exact) mass is 371 g/mol. The van der Waals surface area contributed by atoms with Crippen LogP contribution in [0.2, 0.25) is 0 Å². The number of pyridine rings is 1. The smallest absolute Gasteiger partial charge is 0.212 e. The number of aromatic nitrogens is 1. The van der Waals surface area contributed by atoms with E-state index in [1.54, 1.807) is 11.3 Å². The van der Waals surface area contributed by atoms with E-state index in [0.717, 1.165) is 0 Å². The van der Waals surface area contributed by atoms with Gasteiger partial charge in [-0.25, -0.2) is 0 Å². The zero-order valence-electron chi connectivity index (χ0n) is 15.9. The lowest BCUT2D eigenvalue weighted by atomic mass is 10.1. The normalized spacial score (nSPS) is 11.4. The van der Waals surface area contributed by atoms with Crippen LogP contribution in [0, 0.1) is 0 Å². The second-order valence-corrected chi connectivity index (χ2v) is 7.83. The van der Waals surface area contributed by atoms with Gasteiger partial charge in [-0.2, -0.15) is 4.57 Å². The van der Waals surface area contributed by atoms with Gasteiger partial charge in [-0.05, 0) is 46.8 Å². The van der Waals surface area contributed by atoms with Crippen molar-refractivity contribution in [3.8, 4) is 11.1 Å². The molecule has 0 spiro atoms. The zero-order chi connectivity index (χ0) is 18.8. The van der Waals surface area contributed by atoms with E-state index in [1.165, 1.54) is 38.3 Å². The van der Waals surface area contributed by atoms with Crippen LogP contribution in [0.1, 0.15) is 10.6 Å². The first-order valence-corrected chi connectivity index (χ1v) is 9.92. The van der Waals surface area contributed by atoms with Gasteiger partial charge in [0.1, 0.15) is 7.05 Å². The van der Waals surface area contributed by atoms with Crippen molar-refractivity contribution in [1.29, 1.82) is 0 Å². The van der Waals surface area contributed by atoms with Gasteiger partial charge >= 0.3 is 0 Å². The number of aryl methyl sites for hydroxylation is 1. The standard InChI is InChI=1S/C24H23N2S/c1-25(2)22-12-14-24-19(15-22)9-10-21(26(24)3)11-13-23-16-20(17-27-23)18-7-5-4-6-8-18/h4-17H,1-3H3/q+1/b13-11+. The molecule has 2 nitrogen and oxygen atoms in total. The Bertz CT molecular complexity index is 1110. The highest BCUT2D eigenvalue weighted by Crippen LogP contribution is 2.26. The average molecular weight is 372 g/mol. The van der Waals surface area contributed by atoms with E-state index in [4.69, 9.17) is 0 Å². The van der Waals surface area contributed by atoms with Gasteiger partial charge in [0.2, 0.25) is 11.2 Å². The molecule has 4 aromatic rings. The molecule has 0 atom stereocenters. The van der Waals surface area contributed by atoms with Crippen LogP contribution in [-0.4, -0.2) is 14.1 Å². The molecule has 0 aliphatic carbocycles. The average Bonchev–Trinajstić information content (AvgIpc) is 3.17. The van der Waals surface area contributed by atoms with E-state index in [-0.39, 0.29) is 0 Å². The summed E-state index contributed by atoms with van der Waals surface area (Å²) in [6.45, 7) is 0. The lowest BCUT2D eigenvalue weighted by molar-refractivity contribution is -0.646. The Balaban J connectivity index is 1.62. The van der Waals surface area contributed by atoms with Gasteiger partial charge in [0, 0.05) is 48.3 Å². The first-order chi connectivity index (χ1) is 13.1. The summed E-state index contributed by atoms with van der Waals surface area (Å²) in [5.74, 6) is 0. The van der Waals surface area contributed by atoms with E-state index >= 15 is 0 Å². The van der Waals surface area contributed by atoms with Crippen molar-refractivity contribution in [2.45, 2.75) is 0 Å². The Kier molecular flexibility index (Phi) is 4.78. The van der Waals surface area contributed by atoms with Crippen molar-refractivity contribution in [2.24, 2.45) is 7.05 Å². The van der Waals surface area contributed by atoms with Crippen molar-refractivity contribution < 1.29 is 4.57 Å². The zero-order valence-corrected chi connectivity index (χ0v) is 16.7. The molecule has 2 aromatic carbocycles. The molecule has 2 aromatic heterocycles. The van der Waals surface area contributed by atoms with E-state index in [0.29, 0.717) is 0 Å². The van der Waals surface area contributed by atoms with Gasteiger partial charge < -0.3 is 4.90 Å². The minimum atomic E-state index is 1.19. The topological polar surface area (TPSA) is 7.12 Å². The van der Waals surface area contributed by atoms with Crippen LogP contribution in [0.5, 0.6) is 0 Å². The van der Waals surface area contributed by atoms with E-state index in [1.807, 2.05) is 0 Å². The highest BCUT2D eigenvalue weighted by molar-refractivity contribution is 7.11. The molecule has 0 bridgehead atoms. The fourth-order valence-corrected chi connectivity index (χ4v) is 4.05. The molecule has 0 fully saturated rings. The summed E-state index contributed by atoms with van der Waals surface area (Å²) >= 11 is 1.78. The summed E-state index contributed by atoms with van der Waals surface area (Å²) in [6, 6.07) is 23.8. The molecular formula is C24H23N2S+. The number of fused-ring (bicyclic) bond motifs is 1. The van der Waals surface area contributed by atoms with Gasteiger partial charge in [0.05, 0.1) is 0 Å². The van der Waals surface area contributed by atoms with E-state index in [2.05, 4.69) is 115 Å². The molecule has 2 heterocycles. The number of hydrogen-bond acceptors (Lipinski definition) is 2. The minimum absolute atomic E-state index is 1.19. The van der Waals surface area contributed by atoms with Crippen molar-refractivity contribution in [3.63, 3.8) is 0 Å². The third kappa shape index (κ3) is 3.64. The molecule has 27 heavy (non-hydrogen) atoms. The second-order valence-electron chi connectivity index (χ2n) is 6.89. The second kappa shape index (κ2) is 7.37. The molecular weight excluding hydrogens is 348 g/mol. The van der Waals surface area contributed by atoms with Crippen LogP contribution in [-0.2, 0) is 7.05 Å². The first-order valence-electron chi connectivity index (χ1n) is 9.04. The lowest BCUT2D eigenvalue weighted by Gasteiger charge is -2.12. The van der Waals surface area contributed by atoms with Crippen LogP contribution in [0.4, 0.5) is 5.69 Å². The number of nitrogens with zero attached hydrogens (tertiary/aromatic N) is 2. The van der Waals surface area contributed by atoms with Gasteiger partial charge in [-0.3, -0.25) is 0 Å². The van der Waals surface area contributed by atoms with Crippen LogP contribution in [0.3, 0.4) is 0 Å². The van der Waals surface area contributed by atoms with Gasteiger partial charge in [0.25, 0.3) is 0 Å². The molecule has 0 amide bonds. The fraction of sp³-hybridized carbons (Fsp3) is 0.125. The van der Waals surface area contributed by atoms with Crippen LogP contribution < -0.4 is 9.47 Å². The SMILES string of the molecule is CN(C)c1ccc2c(ccc(/C=C/c3cc(-c4ccccc4)cs3)[n+]2C)c1. The molecule has 0 aliphatic rings. The third-order valence-corrected chi connectivity index (χ3v) is 5.75. The van der Waals surface area contributed by atoms with Gasteiger partial charge in [0.15, 0.2) is 0 Å². The Morgan fingerprint density at radius 2 is 1.67 bits per heavy atom. The Hall–Kier alpha value is -2.91. The Morgan fingerprint density at radius 3 is 2.44 bits per heavy atom. The highest BCUT2D eigenvalue weighted by atomic mass is 32.1. The van der Waals surface area contributed by atoms with Crippen molar-refractivity contribution >= 4 is 40.1 Å². The summed E-state index contributed by atoms with van der Waals surface area (Å²) in [5, 5.41) is 3.47. The Labute approximate surface area is 164 Å². The minimum Gasteiger partial charge on any atom is -0.378 e. The first kappa shape index (κ1) is 17.5. The summed E-state index contributed by atoms with van der Waals surface area (Å²) in [6.07, 6.45) is 4.40. The third-order valence-electron chi connectivity index (χ3n) is 4.86. The maximum absolute atomic E-state index is 2.25. The number of benzene rings is 2. The van der Waals surface area contributed by atoms with Crippen LogP contribution in [0.15, 0.2) is 72.1 Å². The molecule has 0 aliphatic heterocycles. The van der Waals surface area contributed by atoms with Gasteiger partial charge in [-0.15, -0.1) is 11.3 Å². The molecule has 0 N–H and O–H groups in total. The summed E-state index contributed by atoms with van der Waals surface area (Å²) in [4.78, 5) is 3.39. The summed E-state index contributed by atoms with van der Waals surface area (Å²) < 4.78 is 2.25.